The maximum absolute atomic E-state index is 12.5. The van der Waals surface area contributed by atoms with Crippen molar-refractivity contribution in [1.82, 2.24) is 9.80 Å². The summed E-state index contributed by atoms with van der Waals surface area (Å²) in [7, 11) is 1.70. The molecule has 0 radical (unpaired) electrons. The van der Waals surface area contributed by atoms with Gasteiger partial charge in [-0.15, -0.1) is 0 Å². The van der Waals surface area contributed by atoms with E-state index in [2.05, 4.69) is 17.0 Å². The average Bonchev–Trinajstić information content (AvgIpc) is 3.45. The number of amides is 1. The number of ether oxygens (including phenoxy) is 2. The van der Waals surface area contributed by atoms with E-state index in [1.165, 1.54) is 5.56 Å². The van der Waals surface area contributed by atoms with Gasteiger partial charge < -0.3 is 19.5 Å². The lowest BCUT2D eigenvalue weighted by atomic mass is 9.83. The Balaban J connectivity index is 0.000000383. The number of rotatable bonds is 5. The molecule has 3 aliphatic rings. The zero-order chi connectivity index (χ0) is 24.0. The molecule has 3 aliphatic heterocycles. The minimum absolute atomic E-state index is 0.135. The van der Waals surface area contributed by atoms with Gasteiger partial charge in [0.15, 0.2) is 0 Å². The molecule has 3 fully saturated rings. The number of likely N-dealkylation sites (tertiary alicyclic amines) is 2. The second-order valence-electron chi connectivity index (χ2n) is 8.76. The Hall–Kier alpha value is -2.33. The van der Waals surface area contributed by atoms with E-state index in [-0.39, 0.29) is 6.10 Å². The van der Waals surface area contributed by atoms with Crippen LogP contribution in [-0.4, -0.2) is 79.0 Å². The topological polar surface area (TPSA) is 79.3 Å². The number of aliphatic carboxylic acids is 1. The predicted molar refractivity (Wildman–Crippen MR) is 114 cm³/mol. The van der Waals surface area contributed by atoms with Gasteiger partial charge >= 0.3 is 12.1 Å². The molecular formula is C23H31F3N2O5. The SMILES string of the molecule is COc1ccc(CN2CC[C@@H]3[C@@H](CO[C@@H]3CC(=O)N3CCCC3)C2)cc1.O=C(O)C(F)(F)F. The molecule has 3 saturated heterocycles. The number of piperidine rings is 1. The average molecular weight is 473 g/mol. The number of halogens is 3. The van der Waals surface area contributed by atoms with Gasteiger partial charge in [0, 0.05) is 32.1 Å². The van der Waals surface area contributed by atoms with E-state index >= 15 is 0 Å². The fraction of sp³-hybridized carbons (Fsp3) is 0.652. The molecule has 10 heteroatoms. The number of carbonyl (C=O) groups is 2. The third-order valence-electron chi connectivity index (χ3n) is 6.52. The van der Waals surface area contributed by atoms with Crippen LogP contribution in [0.25, 0.3) is 0 Å². The fourth-order valence-electron chi connectivity index (χ4n) is 4.77. The van der Waals surface area contributed by atoms with Crippen molar-refractivity contribution in [3.05, 3.63) is 29.8 Å². The summed E-state index contributed by atoms with van der Waals surface area (Å²) in [6.07, 6.45) is -0.915. The number of carboxylic acid groups (broad SMARTS) is 1. The molecule has 1 amide bonds. The molecule has 184 valence electrons. The molecule has 0 unspecified atom stereocenters. The van der Waals surface area contributed by atoms with Gasteiger partial charge in [-0.1, -0.05) is 12.1 Å². The highest BCUT2D eigenvalue weighted by atomic mass is 19.4. The van der Waals surface area contributed by atoms with Crippen LogP contribution < -0.4 is 4.74 Å². The summed E-state index contributed by atoms with van der Waals surface area (Å²) in [5, 5.41) is 7.12. The van der Waals surface area contributed by atoms with Crippen molar-refractivity contribution in [3.63, 3.8) is 0 Å². The van der Waals surface area contributed by atoms with Crippen LogP contribution in [0.3, 0.4) is 0 Å². The molecule has 3 heterocycles. The predicted octanol–water partition coefficient (Wildman–Crippen LogP) is 3.18. The first-order valence-electron chi connectivity index (χ1n) is 11.2. The summed E-state index contributed by atoms with van der Waals surface area (Å²) >= 11 is 0. The highest BCUT2D eigenvalue weighted by molar-refractivity contribution is 5.77. The normalized spacial score (nSPS) is 25.2. The second-order valence-corrected chi connectivity index (χ2v) is 8.76. The first-order chi connectivity index (χ1) is 15.7. The molecular weight excluding hydrogens is 441 g/mol. The van der Waals surface area contributed by atoms with Gasteiger partial charge in [-0.05, 0) is 49.4 Å². The van der Waals surface area contributed by atoms with E-state index in [0.29, 0.717) is 24.2 Å². The molecule has 0 bridgehead atoms. The number of carboxylic acids is 1. The largest absolute Gasteiger partial charge is 0.497 e. The van der Waals surface area contributed by atoms with Gasteiger partial charge in [-0.2, -0.15) is 13.2 Å². The molecule has 0 saturated carbocycles. The van der Waals surface area contributed by atoms with Gasteiger partial charge in [-0.25, -0.2) is 4.79 Å². The highest BCUT2D eigenvalue weighted by Crippen LogP contribution is 2.36. The Morgan fingerprint density at radius 1 is 1.15 bits per heavy atom. The summed E-state index contributed by atoms with van der Waals surface area (Å²) in [4.78, 5) is 25.9. The number of hydrogen-bond acceptors (Lipinski definition) is 5. The first-order valence-corrected chi connectivity index (χ1v) is 11.2. The molecule has 0 spiro atoms. The van der Waals surface area contributed by atoms with Gasteiger partial charge in [-0.3, -0.25) is 9.69 Å². The van der Waals surface area contributed by atoms with E-state index in [1.807, 2.05) is 17.0 Å². The molecule has 1 aromatic carbocycles. The molecule has 7 nitrogen and oxygen atoms in total. The number of hydrogen-bond donors (Lipinski definition) is 1. The van der Waals surface area contributed by atoms with Crippen molar-refractivity contribution in [3.8, 4) is 5.75 Å². The zero-order valence-corrected chi connectivity index (χ0v) is 18.7. The molecule has 3 atom stereocenters. The molecule has 0 aromatic heterocycles. The van der Waals surface area contributed by atoms with Crippen molar-refractivity contribution in [1.29, 1.82) is 0 Å². The number of benzene rings is 1. The summed E-state index contributed by atoms with van der Waals surface area (Å²) in [5.74, 6) is -0.435. The Morgan fingerprint density at radius 2 is 1.79 bits per heavy atom. The number of carbonyl (C=O) groups excluding carboxylic acids is 1. The minimum Gasteiger partial charge on any atom is -0.497 e. The number of alkyl halides is 3. The van der Waals surface area contributed by atoms with Crippen molar-refractivity contribution in [2.45, 2.75) is 44.5 Å². The van der Waals surface area contributed by atoms with Crippen molar-refractivity contribution < 1.29 is 37.3 Å². The third-order valence-corrected chi connectivity index (χ3v) is 6.52. The smallest absolute Gasteiger partial charge is 0.490 e. The van der Waals surface area contributed by atoms with Gasteiger partial charge in [0.1, 0.15) is 5.75 Å². The quantitative estimate of drug-likeness (QED) is 0.709. The molecule has 1 N–H and O–H groups in total. The number of fused-ring (bicyclic) bond motifs is 1. The van der Waals surface area contributed by atoms with Crippen LogP contribution >= 0.6 is 0 Å². The summed E-state index contributed by atoms with van der Waals surface area (Å²) in [6.45, 7) is 5.83. The van der Waals surface area contributed by atoms with E-state index in [4.69, 9.17) is 19.4 Å². The van der Waals surface area contributed by atoms with Gasteiger partial charge in [0.2, 0.25) is 5.91 Å². The lowest BCUT2D eigenvalue weighted by Gasteiger charge is -2.35. The number of nitrogens with zero attached hydrogens (tertiary/aromatic N) is 2. The van der Waals surface area contributed by atoms with E-state index in [9.17, 15) is 18.0 Å². The zero-order valence-electron chi connectivity index (χ0n) is 18.7. The lowest BCUT2D eigenvalue weighted by Crippen LogP contribution is -2.42. The Kier molecular flexibility index (Phi) is 8.58. The van der Waals surface area contributed by atoms with Crippen molar-refractivity contribution in [2.24, 2.45) is 11.8 Å². The van der Waals surface area contributed by atoms with Gasteiger partial charge in [0.05, 0.1) is 26.2 Å². The summed E-state index contributed by atoms with van der Waals surface area (Å²) in [5.41, 5.74) is 1.32. The monoisotopic (exact) mass is 472 g/mol. The van der Waals surface area contributed by atoms with Crippen LogP contribution in [0.5, 0.6) is 5.75 Å². The molecule has 4 rings (SSSR count). The van der Waals surface area contributed by atoms with Crippen LogP contribution in [0, 0.1) is 11.8 Å². The molecule has 1 aromatic rings. The van der Waals surface area contributed by atoms with Crippen LogP contribution in [-0.2, 0) is 20.9 Å². The van der Waals surface area contributed by atoms with Crippen LogP contribution in [0.15, 0.2) is 24.3 Å². The summed E-state index contributed by atoms with van der Waals surface area (Å²) in [6, 6.07) is 8.35. The Bertz CT molecular complexity index is 796. The highest BCUT2D eigenvalue weighted by Gasteiger charge is 2.42. The van der Waals surface area contributed by atoms with Crippen molar-refractivity contribution >= 4 is 11.9 Å². The van der Waals surface area contributed by atoms with Crippen LogP contribution in [0.4, 0.5) is 13.2 Å². The van der Waals surface area contributed by atoms with Crippen LogP contribution in [0.1, 0.15) is 31.2 Å². The third kappa shape index (κ3) is 7.07. The fourth-order valence-corrected chi connectivity index (χ4v) is 4.77. The van der Waals surface area contributed by atoms with Gasteiger partial charge in [0.25, 0.3) is 0 Å². The Labute approximate surface area is 191 Å². The molecule has 0 aliphatic carbocycles. The Morgan fingerprint density at radius 3 is 2.36 bits per heavy atom. The minimum atomic E-state index is -5.08. The second kappa shape index (κ2) is 11.2. The number of methoxy groups -OCH3 is 1. The van der Waals surface area contributed by atoms with Crippen LogP contribution in [0.2, 0.25) is 0 Å². The maximum atomic E-state index is 12.5. The summed E-state index contributed by atoms with van der Waals surface area (Å²) < 4.78 is 43.0. The maximum Gasteiger partial charge on any atom is 0.490 e. The standard InChI is InChI=1S/C21H30N2O3.C2HF3O2/c1-25-18-6-4-16(5-7-18)13-22-11-8-19-17(14-22)15-26-20(19)12-21(24)23-9-2-3-10-23;3-2(4,5)1(6)7/h4-7,17,19-20H,2-3,8-15H2,1H3;(H,6,7)/t17-,19-,20-;/m1./s1. The molecule has 33 heavy (non-hydrogen) atoms. The lowest BCUT2D eigenvalue weighted by molar-refractivity contribution is -0.192. The van der Waals surface area contributed by atoms with E-state index in [0.717, 1.165) is 64.3 Å². The van der Waals surface area contributed by atoms with E-state index in [1.54, 1.807) is 7.11 Å². The van der Waals surface area contributed by atoms with Crippen molar-refractivity contribution in [2.75, 3.05) is 39.9 Å². The van der Waals surface area contributed by atoms with E-state index < -0.39 is 12.1 Å². The first kappa shape index (κ1) is 25.3.